The van der Waals surface area contributed by atoms with Crippen molar-refractivity contribution in [2.24, 2.45) is 4.99 Å². The molecule has 0 radical (unpaired) electrons. The summed E-state index contributed by atoms with van der Waals surface area (Å²) in [5.74, 6) is 0.421. The lowest BCUT2D eigenvalue weighted by Gasteiger charge is -2.34. The Morgan fingerprint density at radius 1 is 0.673 bits per heavy atom. The van der Waals surface area contributed by atoms with Crippen LogP contribution in [-0.2, 0) is 0 Å². The zero-order valence-electron chi connectivity index (χ0n) is 26.6. The molecule has 4 aliphatic rings. The molecule has 0 spiro atoms. The van der Waals surface area contributed by atoms with E-state index in [0.717, 1.165) is 12.1 Å². The average molecular weight is 666 g/mol. The number of fused-ring (bicyclic) bond motifs is 10. The second kappa shape index (κ2) is 10.8. The number of para-hydroxylation sites is 1. The SMILES string of the molecule is C1=CCC2NC(n3c4ccccc4c4cc(-c5ccc6sc7ccccc7c6c5)ccc43)N=C(c3ccc4c(c3)C3C=CC=CC3S4)C2=C1. The fourth-order valence-electron chi connectivity index (χ4n) is 8.36. The van der Waals surface area contributed by atoms with Crippen LogP contribution >= 0.6 is 23.1 Å². The second-order valence-electron chi connectivity index (χ2n) is 13.4. The maximum atomic E-state index is 5.58. The highest BCUT2D eigenvalue weighted by atomic mass is 32.2. The molecule has 2 aliphatic heterocycles. The molecule has 4 atom stereocenters. The number of hydrogen-bond acceptors (Lipinski definition) is 4. The molecule has 5 aromatic carbocycles. The van der Waals surface area contributed by atoms with E-state index in [9.17, 15) is 0 Å². The van der Waals surface area contributed by atoms with Gasteiger partial charge in [-0.3, -0.25) is 5.32 Å². The van der Waals surface area contributed by atoms with E-state index in [1.54, 1.807) is 0 Å². The molecule has 0 fully saturated rings. The Morgan fingerprint density at radius 2 is 1.45 bits per heavy atom. The quantitative estimate of drug-likeness (QED) is 0.204. The van der Waals surface area contributed by atoms with Crippen molar-refractivity contribution < 1.29 is 0 Å². The molecule has 11 rings (SSSR count). The molecular formula is C44H31N3S2. The molecule has 4 heterocycles. The standard InChI is InChI=1S/C44H31N3S2/c1-5-13-36-32(12-1)43(28-19-22-42-35(25-28)31-11-4-8-16-40(31)49-42)46-44(45-36)47-37-14-6-2-9-29(37)33-23-26(17-20-38(33)47)27-18-21-41-34(24-27)30-10-3-7-15-39(30)48-41/h1-12,14-25,31,36,40,44-45H,13H2. The summed E-state index contributed by atoms with van der Waals surface area (Å²) in [5, 5.41) is 9.60. The molecule has 2 aliphatic carbocycles. The van der Waals surface area contributed by atoms with Gasteiger partial charge in [0.15, 0.2) is 6.29 Å². The minimum Gasteiger partial charge on any atom is -0.305 e. The normalized spacial score (nSPS) is 22.4. The summed E-state index contributed by atoms with van der Waals surface area (Å²) in [5.41, 5.74) is 9.88. The van der Waals surface area contributed by atoms with Crippen LogP contribution in [-0.4, -0.2) is 21.6 Å². The maximum absolute atomic E-state index is 5.58. The molecule has 2 aromatic heterocycles. The Kier molecular flexibility index (Phi) is 6.15. The van der Waals surface area contributed by atoms with Crippen LogP contribution < -0.4 is 5.32 Å². The Balaban J connectivity index is 1.06. The number of hydrogen-bond donors (Lipinski definition) is 1. The number of benzene rings is 5. The number of allylic oxidation sites excluding steroid dienone is 5. The van der Waals surface area contributed by atoms with Crippen LogP contribution in [0.15, 0.2) is 161 Å². The van der Waals surface area contributed by atoms with Crippen molar-refractivity contribution in [2.75, 3.05) is 0 Å². The first-order valence-corrected chi connectivity index (χ1v) is 18.8. The molecular weight excluding hydrogens is 635 g/mol. The van der Waals surface area contributed by atoms with Gasteiger partial charge in [0.2, 0.25) is 0 Å². The van der Waals surface area contributed by atoms with Crippen LogP contribution in [0.4, 0.5) is 0 Å². The monoisotopic (exact) mass is 665 g/mol. The van der Waals surface area contributed by atoms with Crippen molar-refractivity contribution in [1.29, 1.82) is 0 Å². The molecule has 234 valence electrons. The molecule has 1 N–H and O–H groups in total. The lowest BCUT2D eigenvalue weighted by atomic mass is 9.86. The lowest BCUT2D eigenvalue weighted by Crippen LogP contribution is -2.43. The van der Waals surface area contributed by atoms with Crippen LogP contribution in [0.2, 0.25) is 0 Å². The van der Waals surface area contributed by atoms with Gasteiger partial charge in [-0.1, -0.05) is 97.1 Å². The van der Waals surface area contributed by atoms with Gasteiger partial charge in [-0.15, -0.1) is 23.1 Å². The Labute approximate surface area is 292 Å². The molecule has 3 nitrogen and oxygen atoms in total. The summed E-state index contributed by atoms with van der Waals surface area (Å²) in [6.45, 7) is 0. The zero-order chi connectivity index (χ0) is 32.1. The summed E-state index contributed by atoms with van der Waals surface area (Å²) >= 11 is 3.85. The van der Waals surface area contributed by atoms with Crippen molar-refractivity contribution in [1.82, 2.24) is 9.88 Å². The summed E-state index contributed by atoms with van der Waals surface area (Å²) < 4.78 is 5.10. The van der Waals surface area contributed by atoms with E-state index in [4.69, 9.17) is 4.99 Å². The van der Waals surface area contributed by atoms with Crippen molar-refractivity contribution in [3.8, 4) is 11.1 Å². The Morgan fingerprint density at radius 3 is 2.41 bits per heavy atom. The maximum Gasteiger partial charge on any atom is 0.181 e. The van der Waals surface area contributed by atoms with Crippen LogP contribution in [0.1, 0.15) is 29.8 Å². The third-order valence-corrected chi connectivity index (χ3v) is 13.2. The van der Waals surface area contributed by atoms with Gasteiger partial charge >= 0.3 is 0 Å². The van der Waals surface area contributed by atoms with Crippen LogP contribution in [0.3, 0.4) is 0 Å². The molecule has 7 aromatic rings. The van der Waals surface area contributed by atoms with Crippen molar-refractivity contribution in [3.63, 3.8) is 0 Å². The summed E-state index contributed by atoms with van der Waals surface area (Å²) in [6.07, 6.45) is 16.5. The largest absolute Gasteiger partial charge is 0.305 e. The van der Waals surface area contributed by atoms with Gasteiger partial charge in [-0.2, -0.15) is 0 Å². The lowest BCUT2D eigenvalue weighted by molar-refractivity contribution is 0.389. The van der Waals surface area contributed by atoms with E-state index in [1.807, 2.05) is 23.1 Å². The number of rotatable bonds is 3. The highest BCUT2D eigenvalue weighted by Gasteiger charge is 2.34. The van der Waals surface area contributed by atoms with Crippen molar-refractivity contribution in [3.05, 3.63) is 162 Å². The van der Waals surface area contributed by atoms with Crippen LogP contribution in [0.5, 0.6) is 0 Å². The van der Waals surface area contributed by atoms with Gasteiger partial charge in [0, 0.05) is 58.6 Å². The highest BCUT2D eigenvalue weighted by Crippen LogP contribution is 2.49. The second-order valence-corrected chi connectivity index (χ2v) is 15.7. The number of nitrogens with one attached hydrogen (secondary N) is 1. The van der Waals surface area contributed by atoms with Gasteiger partial charge in [-0.25, -0.2) is 4.99 Å². The van der Waals surface area contributed by atoms with Gasteiger partial charge in [0.1, 0.15) is 0 Å². The number of thioether (sulfide) groups is 1. The van der Waals surface area contributed by atoms with E-state index < -0.39 is 0 Å². The van der Waals surface area contributed by atoms with Gasteiger partial charge in [0.05, 0.1) is 16.7 Å². The van der Waals surface area contributed by atoms with Gasteiger partial charge in [-0.05, 0) is 77.2 Å². The highest BCUT2D eigenvalue weighted by molar-refractivity contribution is 8.00. The molecule has 49 heavy (non-hydrogen) atoms. The van der Waals surface area contributed by atoms with Crippen molar-refractivity contribution in [2.45, 2.75) is 34.8 Å². The molecule has 4 unspecified atom stereocenters. The molecule has 0 saturated carbocycles. The molecule has 0 saturated heterocycles. The molecule has 0 amide bonds. The first-order chi connectivity index (χ1) is 24.3. The fourth-order valence-corrected chi connectivity index (χ4v) is 10.8. The number of nitrogens with zero attached hydrogens (tertiary/aromatic N) is 2. The predicted molar refractivity (Wildman–Crippen MR) is 209 cm³/mol. The third kappa shape index (κ3) is 4.29. The summed E-state index contributed by atoms with van der Waals surface area (Å²) in [7, 11) is 0. The topological polar surface area (TPSA) is 29.3 Å². The number of aliphatic imine (C=N–C) groups is 1. The van der Waals surface area contributed by atoms with Crippen LogP contribution in [0, 0.1) is 0 Å². The number of thiophene rings is 1. The van der Waals surface area contributed by atoms with Gasteiger partial charge < -0.3 is 4.57 Å². The summed E-state index contributed by atoms with van der Waals surface area (Å²) in [4.78, 5) is 6.96. The van der Waals surface area contributed by atoms with E-state index >= 15 is 0 Å². The van der Waals surface area contributed by atoms with E-state index in [0.29, 0.717) is 11.2 Å². The first-order valence-electron chi connectivity index (χ1n) is 17.1. The fraction of sp³-hybridized carbons (Fsp3) is 0.114. The first kappa shape index (κ1) is 28.0. The van der Waals surface area contributed by atoms with Crippen LogP contribution in [0.25, 0.3) is 53.1 Å². The minimum atomic E-state index is -0.238. The van der Waals surface area contributed by atoms with Crippen molar-refractivity contribution >= 4 is 70.8 Å². The molecule has 5 heteroatoms. The smallest absolute Gasteiger partial charge is 0.181 e. The minimum absolute atomic E-state index is 0.193. The molecule has 0 bridgehead atoms. The van der Waals surface area contributed by atoms with Gasteiger partial charge in [0.25, 0.3) is 0 Å². The summed E-state index contributed by atoms with van der Waals surface area (Å²) in [6, 6.07) is 38.7. The number of aromatic nitrogens is 1. The van der Waals surface area contributed by atoms with E-state index in [1.165, 1.54) is 74.7 Å². The average Bonchev–Trinajstić information content (AvgIpc) is 3.83. The third-order valence-electron chi connectivity index (χ3n) is 10.7. The van der Waals surface area contributed by atoms with E-state index in [2.05, 4.69) is 156 Å². The predicted octanol–water partition coefficient (Wildman–Crippen LogP) is 11.3. The van der Waals surface area contributed by atoms with E-state index in [-0.39, 0.29) is 12.3 Å². The Hall–Kier alpha value is -4.94. The Bertz CT molecular complexity index is 2680. The zero-order valence-corrected chi connectivity index (χ0v) is 28.2.